The number of likely N-dealkylation sites (tertiary alicyclic amines) is 1. The summed E-state index contributed by atoms with van der Waals surface area (Å²) in [6.07, 6.45) is 2.00. The van der Waals surface area contributed by atoms with Crippen LogP contribution >= 0.6 is 11.3 Å². The molecule has 1 aromatic heterocycles. The Kier molecular flexibility index (Phi) is 7.00. The first kappa shape index (κ1) is 20.3. The molecule has 1 saturated heterocycles. The lowest BCUT2D eigenvalue weighted by molar-refractivity contribution is -0.121. The van der Waals surface area contributed by atoms with Gasteiger partial charge >= 0.3 is 0 Å². The highest BCUT2D eigenvalue weighted by molar-refractivity contribution is 7.13. The van der Waals surface area contributed by atoms with Gasteiger partial charge in [-0.25, -0.2) is 4.98 Å². The number of methoxy groups -OCH3 is 1. The molecule has 2 N–H and O–H groups in total. The van der Waals surface area contributed by atoms with E-state index in [1.807, 2.05) is 36.6 Å². The normalized spacial score (nSPS) is 15.2. The summed E-state index contributed by atoms with van der Waals surface area (Å²) >= 11 is 1.45. The maximum absolute atomic E-state index is 12.4. The molecule has 1 fully saturated rings. The van der Waals surface area contributed by atoms with E-state index in [0.29, 0.717) is 29.5 Å². The monoisotopic (exact) mass is 402 g/mol. The molecule has 0 aliphatic carbocycles. The highest BCUT2D eigenvalue weighted by Crippen LogP contribution is 2.24. The van der Waals surface area contributed by atoms with Crippen LogP contribution in [0.4, 0.5) is 10.8 Å². The molecule has 1 aromatic carbocycles. The average molecular weight is 403 g/mol. The number of aryl methyl sites for hydroxylation is 1. The van der Waals surface area contributed by atoms with Crippen molar-refractivity contribution in [3.05, 3.63) is 35.3 Å². The Morgan fingerprint density at radius 3 is 2.68 bits per heavy atom. The third kappa shape index (κ3) is 5.53. The maximum Gasteiger partial charge on any atom is 0.229 e. The largest absolute Gasteiger partial charge is 0.495 e. The Bertz CT molecular complexity index is 815. The van der Waals surface area contributed by atoms with Crippen LogP contribution in [0.2, 0.25) is 0 Å². The number of nitrogens with zero attached hydrogens (tertiary/aromatic N) is 2. The summed E-state index contributed by atoms with van der Waals surface area (Å²) in [6, 6.07) is 7.37. The molecule has 1 aliphatic rings. The Morgan fingerprint density at radius 2 is 2.00 bits per heavy atom. The molecule has 3 rings (SSSR count). The second-order valence-electron chi connectivity index (χ2n) is 6.90. The van der Waals surface area contributed by atoms with Crippen molar-refractivity contribution in [1.29, 1.82) is 0 Å². The standard InChI is InChI=1S/C20H26N4O3S/c1-14-13-28-20(21-14)23-19(26)15-7-10-24(11-8-15)12-9-18(25)22-16-5-3-4-6-17(16)27-2/h3-6,13,15H,7-12H2,1-2H3,(H,22,25)(H,21,23,26). The van der Waals surface area contributed by atoms with Gasteiger partial charge < -0.3 is 20.3 Å². The van der Waals surface area contributed by atoms with Gasteiger partial charge in [-0.15, -0.1) is 11.3 Å². The van der Waals surface area contributed by atoms with Crippen molar-refractivity contribution in [3.63, 3.8) is 0 Å². The highest BCUT2D eigenvalue weighted by Gasteiger charge is 2.25. The minimum absolute atomic E-state index is 0.00265. The summed E-state index contributed by atoms with van der Waals surface area (Å²) in [5.74, 6) is 0.660. The third-order valence-corrected chi connectivity index (χ3v) is 5.72. The van der Waals surface area contributed by atoms with E-state index in [0.717, 1.165) is 31.6 Å². The van der Waals surface area contributed by atoms with E-state index in [9.17, 15) is 9.59 Å². The number of carbonyl (C=O) groups is 2. The lowest BCUT2D eigenvalue weighted by atomic mass is 9.96. The first-order valence-corrected chi connectivity index (χ1v) is 10.3. The zero-order valence-corrected chi connectivity index (χ0v) is 17.1. The minimum Gasteiger partial charge on any atom is -0.495 e. The maximum atomic E-state index is 12.4. The molecule has 8 heteroatoms. The van der Waals surface area contributed by atoms with Crippen LogP contribution in [-0.4, -0.2) is 48.4 Å². The Balaban J connectivity index is 1.39. The van der Waals surface area contributed by atoms with Crippen LogP contribution < -0.4 is 15.4 Å². The van der Waals surface area contributed by atoms with Crippen molar-refractivity contribution < 1.29 is 14.3 Å². The summed E-state index contributed by atoms with van der Waals surface area (Å²) < 4.78 is 5.25. The van der Waals surface area contributed by atoms with Crippen molar-refractivity contribution in [2.24, 2.45) is 5.92 Å². The molecular weight excluding hydrogens is 376 g/mol. The van der Waals surface area contributed by atoms with E-state index in [1.165, 1.54) is 11.3 Å². The van der Waals surface area contributed by atoms with Crippen LogP contribution in [-0.2, 0) is 9.59 Å². The number of benzene rings is 1. The first-order chi connectivity index (χ1) is 13.5. The van der Waals surface area contributed by atoms with Gasteiger partial charge in [0, 0.05) is 24.3 Å². The molecule has 0 bridgehead atoms. The molecule has 7 nitrogen and oxygen atoms in total. The predicted octanol–water partition coefficient (Wildman–Crippen LogP) is 3.14. The van der Waals surface area contributed by atoms with E-state index < -0.39 is 0 Å². The topological polar surface area (TPSA) is 83.6 Å². The van der Waals surface area contributed by atoms with Crippen molar-refractivity contribution in [2.45, 2.75) is 26.2 Å². The van der Waals surface area contributed by atoms with Crippen LogP contribution in [0, 0.1) is 12.8 Å². The fourth-order valence-electron chi connectivity index (χ4n) is 3.26. The number of piperidine rings is 1. The van der Waals surface area contributed by atoms with Crippen molar-refractivity contribution in [2.75, 3.05) is 37.4 Å². The van der Waals surface area contributed by atoms with Crippen LogP contribution in [0.15, 0.2) is 29.6 Å². The van der Waals surface area contributed by atoms with Gasteiger partial charge in [0.25, 0.3) is 0 Å². The summed E-state index contributed by atoms with van der Waals surface area (Å²) in [7, 11) is 1.58. The van der Waals surface area contributed by atoms with Crippen LogP contribution in [0.5, 0.6) is 5.75 Å². The number of ether oxygens (including phenoxy) is 1. The number of hydrogen-bond acceptors (Lipinski definition) is 6. The predicted molar refractivity (Wildman–Crippen MR) is 111 cm³/mol. The number of amides is 2. The van der Waals surface area contributed by atoms with Gasteiger partial charge in [-0.2, -0.15) is 0 Å². The van der Waals surface area contributed by atoms with Gasteiger partial charge in [0.1, 0.15) is 5.75 Å². The van der Waals surface area contributed by atoms with Crippen LogP contribution in [0.3, 0.4) is 0 Å². The third-order valence-electron chi connectivity index (χ3n) is 4.84. The summed E-state index contributed by atoms with van der Waals surface area (Å²) in [5.41, 5.74) is 1.60. The summed E-state index contributed by atoms with van der Waals surface area (Å²) in [5, 5.41) is 8.40. The Morgan fingerprint density at radius 1 is 1.25 bits per heavy atom. The van der Waals surface area contributed by atoms with Gasteiger partial charge in [-0.3, -0.25) is 9.59 Å². The molecule has 0 spiro atoms. The fraction of sp³-hybridized carbons (Fsp3) is 0.450. The lowest BCUT2D eigenvalue weighted by Gasteiger charge is -2.30. The van der Waals surface area contributed by atoms with E-state index in [-0.39, 0.29) is 17.7 Å². The number of thiazole rings is 1. The molecule has 2 heterocycles. The summed E-state index contributed by atoms with van der Waals surface area (Å²) in [6.45, 7) is 4.23. The Hall–Kier alpha value is -2.45. The van der Waals surface area contributed by atoms with Crippen molar-refractivity contribution in [3.8, 4) is 5.75 Å². The van der Waals surface area contributed by atoms with Crippen LogP contribution in [0.1, 0.15) is 25.0 Å². The number of aromatic nitrogens is 1. The van der Waals surface area contributed by atoms with Crippen molar-refractivity contribution in [1.82, 2.24) is 9.88 Å². The molecule has 1 aliphatic heterocycles. The highest BCUT2D eigenvalue weighted by atomic mass is 32.1. The van der Waals surface area contributed by atoms with E-state index in [4.69, 9.17) is 4.74 Å². The lowest BCUT2D eigenvalue weighted by Crippen LogP contribution is -2.39. The fourth-order valence-corrected chi connectivity index (χ4v) is 3.95. The van der Waals surface area contributed by atoms with E-state index in [1.54, 1.807) is 7.11 Å². The second kappa shape index (κ2) is 9.66. The van der Waals surface area contributed by atoms with Gasteiger partial charge in [0.2, 0.25) is 11.8 Å². The van der Waals surface area contributed by atoms with Gasteiger partial charge in [-0.1, -0.05) is 12.1 Å². The number of hydrogen-bond donors (Lipinski definition) is 2. The molecule has 2 aromatic rings. The second-order valence-corrected chi connectivity index (χ2v) is 7.76. The zero-order valence-electron chi connectivity index (χ0n) is 16.2. The van der Waals surface area contributed by atoms with E-state index in [2.05, 4.69) is 20.5 Å². The van der Waals surface area contributed by atoms with Gasteiger partial charge in [0.15, 0.2) is 5.13 Å². The molecule has 0 radical (unpaired) electrons. The minimum atomic E-state index is -0.0384. The first-order valence-electron chi connectivity index (χ1n) is 9.43. The van der Waals surface area contributed by atoms with Crippen molar-refractivity contribution >= 4 is 34.0 Å². The average Bonchev–Trinajstić information content (AvgIpc) is 3.11. The summed E-state index contributed by atoms with van der Waals surface area (Å²) in [4.78, 5) is 31.1. The molecular formula is C20H26N4O3S. The smallest absolute Gasteiger partial charge is 0.229 e. The van der Waals surface area contributed by atoms with E-state index >= 15 is 0 Å². The number of anilines is 2. The molecule has 28 heavy (non-hydrogen) atoms. The molecule has 2 amide bonds. The number of para-hydroxylation sites is 2. The van der Waals surface area contributed by atoms with Gasteiger partial charge in [0.05, 0.1) is 18.5 Å². The molecule has 150 valence electrons. The number of rotatable bonds is 7. The number of nitrogens with one attached hydrogen (secondary N) is 2. The SMILES string of the molecule is COc1ccccc1NC(=O)CCN1CCC(C(=O)Nc2nc(C)cs2)CC1. The van der Waals surface area contributed by atoms with Crippen LogP contribution in [0.25, 0.3) is 0 Å². The quantitative estimate of drug-likeness (QED) is 0.743. The molecule has 0 atom stereocenters. The molecule has 0 saturated carbocycles. The molecule has 0 unspecified atom stereocenters. The Labute approximate surface area is 169 Å². The zero-order chi connectivity index (χ0) is 19.9. The number of carbonyl (C=O) groups excluding carboxylic acids is 2. The van der Waals surface area contributed by atoms with Gasteiger partial charge in [-0.05, 0) is 45.0 Å².